The summed E-state index contributed by atoms with van der Waals surface area (Å²) in [5.74, 6) is -18.6. The molecule has 0 spiro atoms. The predicted molar refractivity (Wildman–Crippen MR) is 333 cm³/mol. The highest BCUT2D eigenvalue weighted by molar-refractivity contribution is 7.98. The summed E-state index contributed by atoms with van der Waals surface area (Å²) in [6.45, 7) is 3.43. The Morgan fingerprint density at radius 1 is 0.574 bits per heavy atom. The zero-order valence-electron chi connectivity index (χ0n) is 52.0. The number of rotatable bonds is 14. The largest absolute Gasteiger partial charge is 0.481 e. The van der Waals surface area contributed by atoms with Crippen molar-refractivity contribution in [2.45, 2.75) is 189 Å². The van der Waals surface area contributed by atoms with E-state index in [-0.39, 0.29) is 86.0 Å². The summed E-state index contributed by atoms with van der Waals surface area (Å²) in [5, 5.41) is 62.1. The Balaban J connectivity index is 1.52. The molecule has 0 saturated carbocycles. The molecule has 6 rings (SSSR count). The first kappa shape index (κ1) is 74.2. The molecule has 12 atom stereocenters. The summed E-state index contributed by atoms with van der Waals surface area (Å²) in [7, 11) is 0. The highest BCUT2D eigenvalue weighted by Crippen LogP contribution is 2.28. The SMILES string of the molecule is CC(C)C[C@@H]1NC(=O)[C@@H]2CSCc3cccc(c3)C(=S)[C@H](NC(=O)[C@H](CCC(N)=O)NC(=O)[C@@H]3CCCN3C(=O)[C@H]3CCCN3C1=O)C(=O)N[C@@H](CC(=O)O)C(=O)N1CCC[C@H]1C(=O)N[C@@H](CCC(=O)O)C(=O)N[C@@H]([C@@H](C)O)C(=O)NCC(=O)N[C@@H](CCC(=O)O)C(=O)N2. The number of amides is 13. The third-order valence-electron chi connectivity index (χ3n) is 16.4. The molecule has 0 unspecified atom stereocenters. The number of carbonyl (C=O) groups is 16. The van der Waals surface area contributed by atoms with Gasteiger partial charge in [0.05, 0.1) is 23.9 Å². The number of carboxylic acids is 3. The zero-order chi connectivity index (χ0) is 69.2. The standard InChI is InChI=1S/C59H81N13O20S2/c1-28(2)22-35-57(90)72-21-7-12-40(72)59(92)71-20-6-11-39(71)54(87)63-33(13-16-41(60)74)51(84)69-47-48(93)31-9-4-8-30(23-31)26-94-27-37(52(85)65-35)67-49(82)32(14-17-43(76)77)62-42(75)25-61-55(88)46(29(3)73)68-50(83)34(15-18-44(78)79)64-53(86)38-10-5-19-70(38)58(91)36(24-45(80)81)66-56(47)89/h4,8-9,23,28-29,32-40,46-47,73H,5-7,10-22,24-27H2,1-3H3,(H2,60,74)(H,61,88)(H,62,75)(H,63,87)(H,64,86)(H,65,85)(H,66,89)(H,67,82)(H,68,83)(H,69,84)(H,76,77)(H,78,79)(H,80,81)/t29-,32+,33+,34+,35+,36+,37+,38+,39+,40-,46+,47+/m1/s1. The topological polar surface area (TPSA) is 498 Å². The number of carboxylic acid groups (broad SMARTS) is 3. The van der Waals surface area contributed by atoms with E-state index in [1.165, 1.54) is 28.0 Å². The van der Waals surface area contributed by atoms with Crippen molar-refractivity contribution in [1.82, 2.24) is 62.6 Å². The predicted octanol–water partition coefficient (Wildman–Crippen LogP) is -4.47. The smallest absolute Gasteiger partial charge is 0.305 e. The summed E-state index contributed by atoms with van der Waals surface area (Å²) >= 11 is 6.96. The van der Waals surface area contributed by atoms with Crippen molar-refractivity contribution < 1.29 is 97.1 Å². The Hall–Kier alpha value is -8.86. The first-order valence-corrected chi connectivity index (χ1v) is 32.4. The van der Waals surface area contributed by atoms with Crippen LogP contribution >= 0.6 is 24.0 Å². The molecule has 514 valence electrons. The lowest BCUT2D eigenvalue weighted by Crippen LogP contribution is -2.62. The van der Waals surface area contributed by atoms with Gasteiger partial charge in [0, 0.05) is 50.4 Å². The molecule has 0 aliphatic carbocycles. The molecule has 0 aromatic heterocycles. The maximum atomic E-state index is 15.0. The van der Waals surface area contributed by atoms with Crippen LogP contribution in [0.2, 0.25) is 0 Å². The normalized spacial score (nSPS) is 27.6. The molecule has 5 aliphatic rings. The molecule has 0 radical (unpaired) electrons. The van der Waals surface area contributed by atoms with Gasteiger partial charge in [-0.25, -0.2) is 0 Å². The van der Waals surface area contributed by atoms with Gasteiger partial charge in [-0.15, -0.1) is 0 Å². The van der Waals surface area contributed by atoms with Crippen molar-refractivity contribution in [1.29, 1.82) is 0 Å². The Bertz CT molecular complexity index is 3130. The third kappa shape index (κ3) is 20.6. The minimum absolute atomic E-state index is 0.00489. The molecule has 13 amide bonds. The van der Waals surface area contributed by atoms with E-state index >= 15 is 0 Å². The van der Waals surface area contributed by atoms with E-state index < -0.39 is 219 Å². The summed E-state index contributed by atoms with van der Waals surface area (Å²) < 4.78 is 0. The number of hydrogen-bond donors (Lipinski definition) is 14. The Kier molecular flexibility index (Phi) is 27.1. The number of aliphatic carboxylic acids is 3. The van der Waals surface area contributed by atoms with Crippen LogP contribution in [0.15, 0.2) is 24.3 Å². The Morgan fingerprint density at radius 2 is 1.07 bits per heavy atom. The van der Waals surface area contributed by atoms with Gasteiger partial charge in [-0.2, -0.15) is 11.8 Å². The lowest BCUT2D eigenvalue weighted by Gasteiger charge is -2.34. The lowest BCUT2D eigenvalue weighted by atomic mass is 10.0. The van der Waals surface area contributed by atoms with Gasteiger partial charge in [-0.05, 0) is 94.2 Å². The fraction of sp³-hybridized carbons (Fsp3) is 0.610. The van der Waals surface area contributed by atoms with Crippen molar-refractivity contribution in [3.63, 3.8) is 0 Å². The van der Waals surface area contributed by atoms with Gasteiger partial charge in [0.15, 0.2) is 0 Å². The van der Waals surface area contributed by atoms with E-state index in [0.29, 0.717) is 12.0 Å². The number of aliphatic hydroxyl groups excluding tert-OH is 1. The van der Waals surface area contributed by atoms with Crippen molar-refractivity contribution >= 4 is 124 Å². The fourth-order valence-corrected chi connectivity index (χ4v) is 12.9. The minimum atomic E-state index is -2.05. The second-order valence-electron chi connectivity index (χ2n) is 24.1. The van der Waals surface area contributed by atoms with E-state index in [9.17, 15) is 97.1 Å². The average molecular weight is 1360 g/mol. The van der Waals surface area contributed by atoms with Crippen LogP contribution in [0.5, 0.6) is 0 Å². The molecule has 3 fully saturated rings. The van der Waals surface area contributed by atoms with Crippen LogP contribution in [0, 0.1) is 5.92 Å². The number of primary amides is 1. The summed E-state index contributed by atoms with van der Waals surface area (Å²) in [5.41, 5.74) is 6.01. The van der Waals surface area contributed by atoms with E-state index in [2.05, 4.69) is 47.9 Å². The molecule has 35 heteroatoms. The zero-order valence-corrected chi connectivity index (χ0v) is 53.6. The van der Waals surface area contributed by atoms with Crippen molar-refractivity contribution in [3.8, 4) is 0 Å². The number of fused-ring (bicyclic) bond motifs is 7. The van der Waals surface area contributed by atoms with Crippen LogP contribution in [0.1, 0.15) is 122 Å². The number of thioether (sulfide) groups is 1. The van der Waals surface area contributed by atoms with Gasteiger partial charge in [0.2, 0.25) is 76.8 Å². The van der Waals surface area contributed by atoms with Crippen molar-refractivity contribution in [2.24, 2.45) is 11.7 Å². The first-order valence-electron chi connectivity index (χ1n) is 30.9. The van der Waals surface area contributed by atoms with Gasteiger partial charge in [-0.1, -0.05) is 44.3 Å². The van der Waals surface area contributed by atoms with E-state index in [0.717, 1.165) is 23.6 Å². The molecule has 5 aliphatic heterocycles. The number of nitrogens with one attached hydrogen (secondary N) is 9. The third-order valence-corrected chi connectivity index (χ3v) is 18.0. The van der Waals surface area contributed by atoms with Crippen LogP contribution in [0.3, 0.4) is 0 Å². The van der Waals surface area contributed by atoms with Gasteiger partial charge < -0.3 is 88.7 Å². The summed E-state index contributed by atoms with van der Waals surface area (Å²) in [4.78, 5) is 225. The number of nitrogens with two attached hydrogens (primary N) is 1. The molecule has 3 saturated heterocycles. The van der Waals surface area contributed by atoms with Crippen molar-refractivity contribution in [3.05, 3.63) is 35.4 Å². The number of aliphatic hydroxyl groups is 1. The quantitative estimate of drug-likeness (QED) is 0.0781. The highest BCUT2D eigenvalue weighted by Gasteiger charge is 2.46. The number of nitrogens with zero attached hydrogens (tertiary/aromatic N) is 3. The molecule has 1 aromatic carbocycles. The van der Waals surface area contributed by atoms with Gasteiger partial charge in [0.1, 0.15) is 66.5 Å². The van der Waals surface area contributed by atoms with Gasteiger partial charge in [0.25, 0.3) is 0 Å². The second-order valence-corrected chi connectivity index (χ2v) is 25.5. The minimum Gasteiger partial charge on any atom is -0.481 e. The first-order chi connectivity index (χ1) is 44.4. The Morgan fingerprint density at radius 3 is 1.63 bits per heavy atom. The molecular weight excluding hydrogens is 1270 g/mol. The number of carbonyl (C=O) groups excluding carboxylic acids is 13. The molecule has 15 N–H and O–H groups in total. The number of thiocarbonyl (C=S) groups is 1. The van der Waals surface area contributed by atoms with E-state index in [4.69, 9.17) is 18.0 Å². The van der Waals surface area contributed by atoms with E-state index in [1.807, 2.05) is 0 Å². The van der Waals surface area contributed by atoms with Crippen LogP contribution in [0.4, 0.5) is 0 Å². The summed E-state index contributed by atoms with van der Waals surface area (Å²) in [6, 6.07) is -12.2. The van der Waals surface area contributed by atoms with Crippen LogP contribution in [-0.4, -0.2) is 239 Å². The van der Waals surface area contributed by atoms with Gasteiger partial charge >= 0.3 is 17.9 Å². The van der Waals surface area contributed by atoms with Gasteiger partial charge in [-0.3, -0.25) is 76.7 Å². The molecule has 5 heterocycles. The second kappa shape index (κ2) is 34.3. The lowest BCUT2D eigenvalue weighted by molar-refractivity contribution is -0.148. The molecule has 94 heavy (non-hydrogen) atoms. The molecule has 33 nitrogen and oxygen atoms in total. The number of hydrogen-bond acceptors (Lipinski definition) is 19. The Labute approximate surface area is 549 Å². The highest BCUT2D eigenvalue weighted by atomic mass is 32.2. The molecule has 1 aromatic rings. The average Bonchev–Trinajstić information content (AvgIpc) is 1.58. The van der Waals surface area contributed by atoms with Crippen LogP contribution < -0.4 is 53.6 Å². The monoisotopic (exact) mass is 1360 g/mol. The van der Waals surface area contributed by atoms with Crippen LogP contribution in [-0.2, 0) is 82.5 Å². The fourth-order valence-electron chi connectivity index (χ4n) is 11.7. The molecule has 4 bridgehead atoms. The van der Waals surface area contributed by atoms with Crippen LogP contribution in [0.25, 0.3) is 0 Å². The maximum absolute atomic E-state index is 15.0. The number of benzene rings is 1. The van der Waals surface area contributed by atoms with E-state index in [1.54, 1.807) is 19.9 Å². The summed E-state index contributed by atoms with van der Waals surface area (Å²) in [6.07, 6.45) is -5.91. The maximum Gasteiger partial charge on any atom is 0.305 e. The van der Waals surface area contributed by atoms with Crippen molar-refractivity contribution in [2.75, 3.05) is 31.9 Å². The molecular formula is C59H81N13O20S2.